The van der Waals surface area contributed by atoms with E-state index in [-0.39, 0.29) is 6.10 Å². The predicted molar refractivity (Wildman–Crippen MR) is 137 cm³/mol. The largest absolute Gasteiger partial charge is 0.497 e. The molecule has 174 valence electrons. The molecule has 0 bridgehead atoms. The quantitative estimate of drug-likeness (QED) is 0.467. The van der Waals surface area contributed by atoms with E-state index in [1.54, 1.807) is 14.2 Å². The van der Waals surface area contributed by atoms with Crippen molar-refractivity contribution in [1.29, 1.82) is 0 Å². The maximum Gasteiger partial charge on any atom is 0.177 e. The molecule has 6 rings (SSSR count). The smallest absolute Gasteiger partial charge is 0.177 e. The maximum atomic E-state index is 7.00. The van der Waals surface area contributed by atoms with Gasteiger partial charge in [-0.05, 0) is 79.7 Å². The number of fused-ring (bicyclic) bond motifs is 5. The first-order chi connectivity index (χ1) is 16.6. The van der Waals surface area contributed by atoms with Gasteiger partial charge < -0.3 is 18.8 Å². The highest BCUT2D eigenvalue weighted by Crippen LogP contribution is 2.47. The molecule has 2 heterocycles. The Morgan fingerprint density at radius 3 is 2.56 bits per heavy atom. The zero-order valence-electron chi connectivity index (χ0n) is 20.1. The third-order valence-electron chi connectivity index (χ3n) is 7.76. The molecule has 0 saturated carbocycles. The number of methoxy groups -OCH3 is 2. The minimum absolute atomic E-state index is 0.104. The monoisotopic (exact) mass is 453 g/mol. The highest BCUT2D eigenvalue weighted by Gasteiger charge is 2.39. The van der Waals surface area contributed by atoms with Crippen LogP contribution in [0.15, 0.2) is 66.3 Å². The third kappa shape index (κ3) is 3.16. The summed E-state index contributed by atoms with van der Waals surface area (Å²) in [4.78, 5) is 0. The van der Waals surface area contributed by atoms with Crippen molar-refractivity contribution in [1.82, 2.24) is 4.57 Å². The number of aryl methyl sites for hydroxylation is 2. The number of hydrogen-bond acceptors (Lipinski definition) is 3. The molecule has 0 radical (unpaired) electrons. The second kappa shape index (κ2) is 8.21. The molecule has 0 amide bonds. The van der Waals surface area contributed by atoms with Crippen molar-refractivity contribution in [3.63, 3.8) is 0 Å². The van der Waals surface area contributed by atoms with Crippen molar-refractivity contribution in [2.45, 2.75) is 43.8 Å². The standard InChI is InChI=1S/C30H31NO3/c1-31-26-7-5-4-6-24(26)29-25-18-19-30(34-28(25)17-16-27(29)31,20-8-12-22(32-2)13-9-20)21-10-14-23(33-3)15-11-21/h8-14,16-19,23H,4-7,15H2,1-3H3. The molecule has 1 aromatic heterocycles. The molecule has 0 fully saturated rings. The van der Waals surface area contributed by atoms with Crippen LogP contribution >= 0.6 is 0 Å². The highest BCUT2D eigenvalue weighted by molar-refractivity contribution is 5.96. The van der Waals surface area contributed by atoms with E-state index in [9.17, 15) is 0 Å². The number of hydrogen-bond donors (Lipinski definition) is 0. The van der Waals surface area contributed by atoms with Gasteiger partial charge in [0.15, 0.2) is 5.60 Å². The zero-order valence-corrected chi connectivity index (χ0v) is 20.1. The molecule has 2 aromatic carbocycles. The van der Waals surface area contributed by atoms with Gasteiger partial charge in [0.2, 0.25) is 0 Å². The van der Waals surface area contributed by atoms with Gasteiger partial charge in [-0.25, -0.2) is 0 Å². The molecule has 3 aliphatic rings. The van der Waals surface area contributed by atoms with Gasteiger partial charge in [0.1, 0.15) is 11.5 Å². The fraction of sp³-hybridized carbons (Fsp3) is 0.333. The summed E-state index contributed by atoms with van der Waals surface area (Å²) in [6.45, 7) is 0. The maximum absolute atomic E-state index is 7.00. The minimum atomic E-state index is -0.697. The summed E-state index contributed by atoms with van der Waals surface area (Å²) in [5, 5.41) is 1.36. The summed E-state index contributed by atoms with van der Waals surface area (Å²) in [5.74, 6) is 1.78. The molecule has 4 heteroatoms. The van der Waals surface area contributed by atoms with E-state index in [1.165, 1.54) is 40.6 Å². The summed E-state index contributed by atoms with van der Waals surface area (Å²) in [6.07, 6.45) is 16.8. The number of nitrogens with zero attached hydrogens (tertiary/aromatic N) is 1. The first-order valence-corrected chi connectivity index (χ1v) is 12.2. The van der Waals surface area contributed by atoms with Crippen LogP contribution in [0.5, 0.6) is 11.5 Å². The topological polar surface area (TPSA) is 32.6 Å². The van der Waals surface area contributed by atoms with Gasteiger partial charge in [0.25, 0.3) is 0 Å². The second-order valence-corrected chi connectivity index (χ2v) is 9.49. The number of benzene rings is 2. The highest BCUT2D eigenvalue weighted by atomic mass is 16.5. The van der Waals surface area contributed by atoms with Crippen molar-refractivity contribution in [2.75, 3.05) is 14.2 Å². The molecule has 34 heavy (non-hydrogen) atoms. The Hall–Kier alpha value is -3.24. The van der Waals surface area contributed by atoms with Gasteiger partial charge in [-0.1, -0.05) is 30.4 Å². The van der Waals surface area contributed by atoms with Crippen LogP contribution in [-0.4, -0.2) is 24.9 Å². The third-order valence-corrected chi connectivity index (χ3v) is 7.76. The number of aromatic nitrogens is 1. The van der Waals surface area contributed by atoms with Crippen molar-refractivity contribution in [3.8, 4) is 11.5 Å². The normalized spacial score (nSPS) is 23.3. The van der Waals surface area contributed by atoms with E-state index in [4.69, 9.17) is 14.2 Å². The first kappa shape index (κ1) is 21.3. The van der Waals surface area contributed by atoms with E-state index in [1.807, 2.05) is 12.1 Å². The zero-order chi connectivity index (χ0) is 23.3. The molecule has 0 N–H and O–H groups in total. The number of ether oxygens (including phenoxy) is 3. The van der Waals surface area contributed by atoms with Gasteiger partial charge in [-0.15, -0.1) is 0 Å². The fourth-order valence-corrected chi connectivity index (χ4v) is 5.89. The summed E-state index contributed by atoms with van der Waals surface area (Å²) in [7, 11) is 5.66. The van der Waals surface area contributed by atoms with Crippen LogP contribution in [0.1, 0.15) is 41.6 Å². The minimum Gasteiger partial charge on any atom is -0.497 e. The summed E-state index contributed by atoms with van der Waals surface area (Å²) in [6, 6.07) is 12.6. The Labute approximate surface area is 201 Å². The van der Waals surface area contributed by atoms with Gasteiger partial charge in [0, 0.05) is 41.9 Å². The lowest BCUT2D eigenvalue weighted by Gasteiger charge is -2.38. The Morgan fingerprint density at radius 1 is 1.00 bits per heavy atom. The van der Waals surface area contributed by atoms with Crippen LogP contribution in [0.4, 0.5) is 0 Å². The lowest BCUT2D eigenvalue weighted by molar-refractivity contribution is 0.135. The first-order valence-electron chi connectivity index (χ1n) is 12.2. The van der Waals surface area contributed by atoms with Gasteiger partial charge in [-0.2, -0.15) is 0 Å². The lowest BCUT2D eigenvalue weighted by atomic mass is 9.80. The predicted octanol–water partition coefficient (Wildman–Crippen LogP) is 6.27. The van der Waals surface area contributed by atoms with Crippen molar-refractivity contribution < 1.29 is 14.2 Å². The number of rotatable bonds is 4. The molecule has 4 nitrogen and oxygen atoms in total. The van der Waals surface area contributed by atoms with E-state index < -0.39 is 5.60 Å². The lowest BCUT2D eigenvalue weighted by Crippen LogP contribution is -2.35. The SMILES string of the molecule is COc1ccc(C2(C3=CCC(OC)C=C3)C=Cc3c(ccc4c3c3c(n4C)CCCC3)O2)cc1. The van der Waals surface area contributed by atoms with Crippen LogP contribution in [0.25, 0.3) is 17.0 Å². The van der Waals surface area contributed by atoms with E-state index in [2.05, 4.69) is 66.3 Å². The molecular weight excluding hydrogens is 422 g/mol. The van der Waals surface area contributed by atoms with E-state index in [0.717, 1.165) is 41.9 Å². The van der Waals surface area contributed by atoms with E-state index in [0.29, 0.717) is 0 Å². The summed E-state index contributed by atoms with van der Waals surface area (Å²) in [5.41, 5.74) is 7.01. The Bertz CT molecular complexity index is 1340. The van der Waals surface area contributed by atoms with Crippen LogP contribution in [0, 0.1) is 0 Å². The molecule has 2 aliphatic carbocycles. The molecule has 2 unspecified atom stereocenters. The van der Waals surface area contributed by atoms with E-state index >= 15 is 0 Å². The van der Waals surface area contributed by atoms with Crippen LogP contribution in [-0.2, 0) is 30.2 Å². The average Bonchev–Trinajstić information content (AvgIpc) is 3.20. The van der Waals surface area contributed by atoms with Crippen LogP contribution in [0.2, 0.25) is 0 Å². The van der Waals surface area contributed by atoms with Crippen LogP contribution < -0.4 is 9.47 Å². The summed E-state index contributed by atoms with van der Waals surface area (Å²) < 4.78 is 20.4. The Kier molecular flexibility index (Phi) is 5.14. The molecular formula is C30H31NO3. The molecule has 2 atom stereocenters. The van der Waals surface area contributed by atoms with Crippen molar-refractivity contribution in [2.24, 2.45) is 7.05 Å². The molecule has 3 aromatic rings. The average molecular weight is 454 g/mol. The van der Waals surface area contributed by atoms with Gasteiger partial charge in [0.05, 0.1) is 13.2 Å². The molecule has 0 saturated heterocycles. The molecule has 1 aliphatic heterocycles. The van der Waals surface area contributed by atoms with Crippen molar-refractivity contribution >= 4 is 17.0 Å². The Morgan fingerprint density at radius 2 is 1.82 bits per heavy atom. The molecule has 0 spiro atoms. The fourth-order valence-electron chi connectivity index (χ4n) is 5.89. The summed E-state index contributed by atoms with van der Waals surface area (Å²) >= 11 is 0. The van der Waals surface area contributed by atoms with Crippen molar-refractivity contribution in [3.05, 3.63) is 88.7 Å². The second-order valence-electron chi connectivity index (χ2n) is 9.49. The Balaban J connectivity index is 1.51. The van der Waals surface area contributed by atoms with Gasteiger partial charge >= 0.3 is 0 Å². The van der Waals surface area contributed by atoms with Crippen LogP contribution in [0.3, 0.4) is 0 Å². The van der Waals surface area contributed by atoms with Gasteiger partial charge in [-0.3, -0.25) is 0 Å².